The minimum absolute atomic E-state index is 0. The quantitative estimate of drug-likeness (QED) is 0.409. The van der Waals surface area contributed by atoms with E-state index in [1.807, 2.05) is 0 Å². The Morgan fingerprint density at radius 1 is 1.75 bits per heavy atom. The SMILES string of the molecule is CCO.[3Zr]. The third-order valence-electron chi connectivity index (χ3n) is 0. The molecule has 0 saturated heterocycles. The molecule has 2 heteroatoms. The summed E-state index contributed by atoms with van der Waals surface area (Å²) in [4.78, 5) is 0. The van der Waals surface area contributed by atoms with Crippen LogP contribution in [-0.4, -0.2) is 11.7 Å². The van der Waals surface area contributed by atoms with E-state index < -0.39 is 0 Å². The van der Waals surface area contributed by atoms with Gasteiger partial charge in [-0.25, -0.2) is 0 Å². The van der Waals surface area contributed by atoms with Gasteiger partial charge < -0.3 is 5.11 Å². The normalized spacial score (nSPS) is 4.50. The number of aliphatic hydroxyl groups excluding tert-OH is 1. The molecule has 0 atom stereocenters. The third kappa shape index (κ3) is 13.6. The van der Waals surface area contributed by atoms with Crippen LogP contribution in [0.25, 0.3) is 0 Å². The molecule has 0 heterocycles. The molecule has 0 aromatic heterocycles. The number of hydrogen-bond acceptors (Lipinski definition) is 1. The average molecular weight is 49.1 g/mol. The molecule has 0 aliphatic rings. The van der Waals surface area contributed by atoms with Crippen molar-refractivity contribution in [3.8, 4) is 0 Å². The van der Waals surface area contributed by atoms with E-state index in [1.54, 1.807) is 6.92 Å². The van der Waals surface area contributed by atoms with E-state index in [1.165, 1.54) is 0 Å². The van der Waals surface area contributed by atoms with Gasteiger partial charge in [-0.2, -0.15) is 0 Å². The standard InChI is InChI=1S/C2H6O.Zr/c1-2-3;/h3H,2H2,1H3;/i;1-88. The van der Waals surface area contributed by atoms with Crippen LogP contribution in [0.5, 0.6) is 0 Å². The van der Waals surface area contributed by atoms with Crippen LogP contribution in [0.4, 0.5) is 0 Å². The maximum atomic E-state index is 7.57. The van der Waals surface area contributed by atoms with E-state index in [4.69, 9.17) is 5.11 Å². The molecular weight excluding hydrogens is 43.0 g/mol. The molecule has 0 spiro atoms. The van der Waals surface area contributed by atoms with Gasteiger partial charge in [0.05, 0.1) is 0 Å². The molecule has 0 saturated carbocycles. The maximum Gasteiger partial charge on any atom is 0.0402 e. The second-order valence-corrected chi connectivity index (χ2v) is 0.316. The van der Waals surface area contributed by atoms with Crippen LogP contribution in [0.3, 0.4) is 0 Å². The van der Waals surface area contributed by atoms with Gasteiger partial charge in [0.15, 0.2) is 0 Å². The van der Waals surface area contributed by atoms with E-state index in [2.05, 4.69) is 0 Å². The molecule has 4 heavy (non-hydrogen) atoms. The fourth-order valence-electron chi connectivity index (χ4n) is 0. The molecule has 0 radical (unpaired) electrons. The van der Waals surface area contributed by atoms with Crippen molar-refractivity contribution in [2.75, 3.05) is 6.61 Å². The van der Waals surface area contributed by atoms with Gasteiger partial charge in [-0.3, -0.25) is 0 Å². The van der Waals surface area contributed by atoms with E-state index in [-0.39, 0.29) is 32.8 Å². The maximum absolute atomic E-state index is 7.57. The summed E-state index contributed by atoms with van der Waals surface area (Å²) in [6.07, 6.45) is 0. The molecule has 0 aliphatic heterocycles. The molecular formula is C2H6OZr. The third-order valence-corrected chi connectivity index (χ3v) is 0. The predicted molar refractivity (Wildman–Crippen MR) is 12.8 cm³/mol. The zero-order valence-electron chi connectivity index (χ0n) is 2.65. The number of hydrogen-bond donors (Lipinski definition) is 1. The summed E-state index contributed by atoms with van der Waals surface area (Å²) in [6.45, 7) is 1.93. The van der Waals surface area contributed by atoms with Crippen LogP contribution in [0.15, 0.2) is 0 Å². The zero-order chi connectivity index (χ0) is 2.71. The van der Waals surface area contributed by atoms with Gasteiger partial charge >= 0.3 is 0 Å². The molecule has 0 amide bonds. The smallest absolute Gasteiger partial charge is 0.0402 e. The first-order valence-corrected chi connectivity index (χ1v) is 1.02. The molecule has 0 bridgehead atoms. The van der Waals surface area contributed by atoms with Crippen LogP contribution in [0, 0.1) is 0 Å². The summed E-state index contributed by atoms with van der Waals surface area (Å²) in [5, 5.41) is 7.57. The minimum Gasteiger partial charge on any atom is -0.397 e. The Morgan fingerprint density at radius 3 is 1.75 bits per heavy atom. The average Bonchev–Trinajstić information content (AvgIpc) is 0.918. The molecule has 0 aromatic rings. The molecule has 0 unspecified atom stereocenters. The molecule has 24 valence electrons. The van der Waals surface area contributed by atoms with Crippen molar-refractivity contribution in [2.45, 2.75) is 6.92 Å². The van der Waals surface area contributed by atoms with Crippen molar-refractivity contribution in [2.24, 2.45) is 0 Å². The van der Waals surface area contributed by atoms with Crippen molar-refractivity contribution in [1.82, 2.24) is 0 Å². The van der Waals surface area contributed by atoms with Crippen LogP contribution in [0.1, 0.15) is 6.92 Å². The van der Waals surface area contributed by atoms with Gasteiger partial charge in [-0.15, -0.1) is 0 Å². The molecule has 1 nitrogen and oxygen atoms in total. The fourth-order valence-corrected chi connectivity index (χ4v) is 0. The van der Waals surface area contributed by atoms with Crippen molar-refractivity contribution in [3.63, 3.8) is 0 Å². The van der Waals surface area contributed by atoms with Crippen LogP contribution in [-0.2, 0) is 26.2 Å². The minimum atomic E-state index is 0. The molecule has 1 N–H and O–H groups in total. The molecule has 0 rings (SSSR count). The van der Waals surface area contributed by atoms with Crippen molar-refractivity contribution >= 4 is 0 Å². The van der Waals surface area contributed by atoms with Gasteiger partial charge in [-0.1, -0.05) is 0 Å². The van der Waals surface area contributed by atoms with Crippen molar-refractivity contribution < 1.29 is 31.3 Å². The summed E-state index contributed by atoms with van der Waals surface area (Å²) < 4.78 is 0. The second kappa shape index (κ2) is 9.14. The first-order valence-electron chi connectivity index (χ1n) is 1.02. The predicted octanol–water partition coefficient (Wildman–Crippen LogP) is -0.00390. The largest absolute Gasteiger partial charge is 0.397 e. The number of rotatable bonds is 0. The second-order valence-electron chi connectivity index (χ2n) is 0.316. The fraction of sp³-hybridized carbons (Fsp3) is 1.00. The van der Waals surface area contributed by atoms with Crippen LogP contribution < -0.4 is 0 Å². The summed E-state index contributed by atoms with van der Waals surface area (Å²) in [6, 6.07) is 0. The Kier molecular flexibility index (Phi) is 20.2. The van der Waals surface area contributed by atoms with Gasteiger partial charge in [0.25, 0.3) is 0 Å². The molecule has 0 fully saturated rings. The molecule has 0 aliphatic carbocycles. The summed E-state index contributed by atoms with van der Waals surface area (Å²) in [7, 11) is 0. The zero-order valence-corrected chi connectivity index (χ0v) is 5.11. The summed E-state index contributed by atoms with van der Waals surface area (Å²) in [5.41, 5.74) is 0. The Morgan fingerprint density at radius 2 is 1.75 bits per heavy atom. The van der Waals surface area contributed by atoms with E-state index in [9.17, 15) is 0 Å². The van der Waals surface area contributed by atoms with Crippen LogP contribution >= 0.6 is 0 Å². The van der Waals surface area contributed by atoms with Gasteiger partial charge in [0.1, 0.15) is 0 Å². The summed E-state index contributed by atoms with van der Waals surface area (Å²) >= 11 is 0. The van der Waals surface area contributed by atoms with E-state index in [0.717, 1.165) is 0 Å². The van der Waals surface area contributed by atoms with Crippen molar-refractivity contribution in [3.05, 3.63) is 0 Å². The molecule has 0 aromatic carbocycles. The Labute approximate surface area is 45.1 Å². The van der Waals surface area contributed by atoms with Gasteiger partial charge in [0, 0.05) is 32.8 Å². The van der Waals surface area contributed by atoms with Crippen LogP contribution in [0.2, 0.25) is 0 Å². The van der Waals surface area contributed by atoms with Gasteiger partial charge in [-0.05, 0) is 6.92 Å². The topological polar surface area (TPSA) is 20.2 Å². The van der Waals surface area contributed by atoms with E-state index in [0.29, 0.717) is 0 Å². The number of aliphatic hydroxyl groups is 1. The van der Waals surface area contributed by atoms with Gasteiger partial charge in [0.2, 0.25) is 0 Å². The van der Waals surface area contributed by atoms with E-state index >= 15 is 0 Å². The Hall–Kier alpha value is 0.843. The Balaban J connectivity index is 0. The Bertz CT molecular complexity index is 6.00. The summed E-state index contributed by atoms with van der Waals surface area (Å²) in [5.74, 6) is 0. The monoisotopic (exact) mass is 49.0 g/mol. The first kappa shape index (κ1) is 8.85. The van der Waals surface area contributed by atoms with Crippen molar-refractivity contribution in [1.29, 1.82) is 0 Å². The first-order chi connectivity index (χ1) is 1.41.